The number of hydrogen-bond donors (Lipinski definition) is 4. The first-order valence-corrected chi connectivity index (χ1v) is 6.45. The molecule has 0 aromatic heterocycles. The van der Waals surface area contributed by atoms with E-state index in [1.807, 2.05) is 26.0 Å². The monoisotopic (exact) mass is 293 g/mol. The molecule has 1 atom stereocenters. The van der Waals surface area contributed by atoms with Crippen molar-refractivity contribution in [1.29, 1.82) is 0 Å². The van der Waals surface area contributed by atoms with Crippen LogP contribution in [-0.4, -0.2) is 29.1 Å². The maximum atomic E-state index is 11.8. The van der Waals surface area contributed by atoms with Gasteiger partial charge in [-0.3, -0.25) is 4.79 Å². The van der Waals surface area contributed by atoms with Crippen LogP contribution in [0.4, 0.5) is 10.5 Å². The fourth-order valence-corrected chi connectivity index (χ4v) is 1.81. The zero-order chi connectivity index (χ0) is 16.0. The summed E-state index contributed by atoms with van der Waals surface area (Å²) in [6, 6.07) is 3.67. The number of carboxylic acids is 1. The second-order valence-corrected chi connectivity index (χ2v) is 4.81. The third kappa shape index (κ3) is 5.52. The zero-order valence-electron chi connectivity index (χ0n) is 12.0. The number of primary amides is 1. The summed E-state index contributed by atoms with van der Waals surface area (Å²) >= 11 is 0. The number of anilines is 1. The Hall–Kier alpha value is -2.57. The van der Waals surface area contributed by atoms with Gasteiger partial charge in [-0.2, -0.15) is 0 Å². The third-order valence-electron chi connectivity index (χ3n) is 2.91. The van der Waals surface area contributed by atoms with Gasteiger partial charge in [0.05, 0.1) is 0 Å². The Morgan fingerprint density at radius 3 is 2.48 bits per heavy atom. The van der Waals surface area contributed by atoms with E-state index in [-0.39, 0.29) is 12.8 Å². The van der Waals surface area contributed by atoms with Crippen LogP contribution in [0.1, 0.15) is 24.0 Å². The third-order valence-corrected chi connectivity index (χ3v) is 2.91. The summed E-state index contributed by atoms with van der Waals surface area (Å²) in [5.41, 5.74) is 7.49. The van der Waals surface area contributed by atoms with Crippen LogP contribution in [0.3, 0.4) is 0 Å². The normalized spacial score (nSPS) is 11.5. The van der Waals surface area contributed by atoms with Gasteiger partial charge < -0.3 is 21.5 Å². The van der Waals surface area contributed by atoms with Crippen LogP contribution in [0.2, 0.25) is 0 Å². The van der Waals surface area contributed by atoms with Gasteiger partial charge in [-0.05, 0) is 31.9 Å². The van der Waals surface area contributed by atoms with Crippen LogP contribution < -0.4 is 16.4 Å². The van der Waals surface area contributed by atoms with Crippen molar-refractivity contribution in [1.82, 2.24) is 5.32 Å². The molecule has 7 heteroatoms. The van der Waals surface area contributed by atoms with Crippen LogP contribution >= 0.6 is 0 Å². The topological polar surface area (TPSA) is 122 Å². The number of carbonyl (C=O) groups excluding carboxylic acids is 2. The number of rotatable bonds is 6. The molecule has 0 aliphatic carbocycles. The first-order chi connectivity index (χ1) is 9.79. The van der Waals surface area contributed by atoms with E-state index < -0.39 is 23.9 Å². The van der Waals surface area contributed by atoms with Crippen molar-refractivity contribution in [3.05, 3.63) is 29.3 Å². The molecule has 3 amide bonds. The van der Waals surface area contributed by atoms with Crippen LogP contribution in [0, 0.1) is 13.8 Å². The number of nitrogens with one attached hydrogen (secondary N) is 2. The number of aryl methyl sites for hydroxylation is 2. The Balaban J connectivity index is 2.65. The summed E-state index contributed by atoms with van der Waals surface area (Å²) in [4.78, 5) is 33.5. The van der Waals surface area contributed by atoms with Crippen LogP contribution in [0.15, 0.2) is 18.2 Å². The molecular formula is C14H19N3O4. The highest BCUT2D eigenvalue weighted by Gasteiger charge is 2.20. The van der Waals surface area contributed by atoms with E-state index in [1.165, 1.54) is 0 Å². The highest BCUT2D eigenvalue weighted by Crippen LogP contribution is 2.15. The maximum absolute atomic E-state index is 11.8. The lowest BCUT2D eigenvalue weighted by molar-refractivity contribution is -0.139. The van der Waals surface area contributed by atoms with Crippen molar-refractivity contribution in [2.75, 3.05) is 5.32 Å². The van der Waals surface area contributed by atoms with Gasteiger partial charge in [0.25, 0.3) is 0 Å². The molecule has 0 fully saturated rings. The molecule has 0 bridgehead atoms. The maximum Gasteiger partial charge on any atom is 0.326 e. The summed E-state index contributed by atoms with van der Waals surface area (Å²) in [6.45, 7) is 3.77. The molecule has 0 saturated carbocycles. The van der Waals surface area contributed by atoms with Gasteiger partial charge in [-0.1, -0.05) is 17.7 Å². The summed E-state index contributed by atoms with van der Waals surface area (Å²) in [7, 11) is 0. The van der Waals surface area contributed by atoms with E-state index in [1.54, 1.807) is 6.07 Å². The molecule has 0 aliphatic heterocycles. The summed E-state index contributed by atoms with van der Waals surface area (Å²) in [5, 5.41) is 13.9. The SMILES string of the molecule is Cc1ccc(NC(=O)NC(CCC(N)=O)C(=O)O)c(C)c1. The van der Waals surface area contributed by atoms with Gasteiger partial charge in [0.2, 0.25) is 5.91 Å². The molecule has 0 aliphatic rings. The first kappa shape index (κ1) is 16.5. The Morgan fingerprint density at radius 1 is 1.29 bits per heavy atom. The van der Waals surface area contributed by atoms with Crippen molar-refractivity contribution in [2.45, 2.75) is 32.7 Å². The molecular weight excluding hydrogens is 274 g/mol. The molecule has 0 radical (unpaired) electrons. The lowest BCUT2D eigenvalue weighted by Gasteiger charge is -2.15. The quantitative estimate of drug-likeness (QED) is 0.628. The molecule has 0 spiro atoms. The average Bonchev–Trinajstić information content (AvgIpc) is 2.37. The smallest absolute Gasteiger partial charge is 0.326 e. The van der Waals surface area contributed by atoms with Gasteiger partial charge in [-0.25, -0.2) is 9.59 Å². The minimum atomic E-state index is -1.22. The molecule has 21 heavy (non-hydrogen) atoms. The number of carbonyl (C=O) groups is 3. The minimum absolute atomic E-state index is 0.0506. The Kier molecular flexibility index (Phi) is 5.71. The Morgan fingerprint density at radius 2 is 1.95 bits per heavy atom. The van der Waals surface area contributed by atoms with E-state index >= 15 is 0 Å². The number of amides is 3. The van der Waals surface area contributed by atoms with Gasteiger partial charge in [0, 0.05) is 12.1 Å². The minimum Gasteiger partial charge on any atom is -0.480 e. The molecule has 1 rings (SSSR count). The Bertz CT molecular complexity index is 557. The number of carboxylic acid groups (broad SMARTS) is 1. The van der Waals surface area contributed by atoms with Crippen molar-refractivity contribution in [2.24, 2.45) is 5.73 Å². The molecule has 5 N–H and O–H groups in total. The fourth-order valence-electron chi connectivity index (χ4n) is 1.81. The molecule has 0 heterocycles. The highest BCUT2D eigenvalue weighted by molar-refractivity contribution is 5.93. The largest absolute Gasteiger partial charge is 0.480 e. The van der Waals surface area contributed by atoms with E-state index in [9.17, 15) is 14.4 Å². The predicted molar refractivity (Wildman–Crippen MR) is 77.9 cm³/mol. The number of urea groups is 1. The molecule has 0 saturated heterocycles. The van der Waals surface area contributed by atoms with Gasteiger partial charge in [-0.15, -0.1) is 0 Å². The van der Waals surface area contributed by atoms with Crippen LogP contribution in [-0.2, 0) is 9.59 Å². The fraction of sp³-hybridized carbons (Fsp3) is 0.357. The zero-order valence-corrected chi connectivity index (χ0v) is 12.0. The highest BCUT2D eigenvalue weighted by atomic mass is 16.4. The molecule has 1 unspecified atom stereocenters. The number of hydrogen-bond acceptors (Lipinski definition) is 3. The van der Waals surface area contributed by atoms with Crippen molar-refractivity contribution in [3.8, 4) is 0 Å². The van der Waals surface area contributed by atoms with Gasteiger partial charge >= 0.3 is 12.0 Å². The average molecular weight is 293 g/mol. The summed E-state index contributed by atoms with van der Waals surface area (Å²) < 4.78 is 0. The summed E-state index contributed by atoms with van der Waals surface area (Å²) in [5.74, 6) is -1.83. The molecule has 114 valence electrons. The number of nitrogens with two attached hydrogens (primary N) is 1. The van der Waals surface area contributed by atoms with Crippen molar-refractivity contribution in [3.63, 3.8) is 0 Å². The molecule has 1 aromatic carbocycles. The van der Waals surface area contributed by atoms with Crippen LogP contribution in [0.5, 0.6) is 0 Å². The molecule has 7 nitrogen and oxygen atoms in total. The van der Waals surface area contributed by atoms with Crippen LogP contribution in [0.25, 0.3) is 0 Å². The van der Waals surface area contributed by atoms with Crippen molar-refractivity contribution < 1.29 is 19.5 Å². The summed E-state index contributed by atoms with van der Waals surface area (Å²) in [6.07, 6.45) is -0.161. The standard InChI is InChI=1S/C14H19N3O4/c1-8-3-4-10(9(2)7-8)16-14(21)17-11(13(19)20)5-6-12(15)18/h3-4,7,11H,5-6H2,1-2H3,(H2,15,18)(H,19,20)(H2,16,17,21). The predicted octanol–water partition coefficient (Wildman–Crippen LogP) is 1.14. The van der Waals surface area contributed by atoms with Gasteiger partial charge in [0.15, 0.2) is 0 Å². The lowest BCUT2D eigenvalue weighted by atomic mass is 10.1. The lowest BCUT2D eigenvalue weighted by Crippen LogP contribution is -2.43. The first-order valence-electron chi connectivity index (χ1n) is 6.45. The number of benzene rings is 1. The van der Waals surface area contributed by atoms with Crippen molar-refractivity contribution >= 4 is 23.6 Å². The molecule has 1 aromatic rings. The van der Waals surface area contributed by atoms with E-state index in [4.69, 9.17) is 10.8 Å². The Labute approximate surface area is 122 Å². The van der Waals surface area contributed by atoms with E-state index in [0.29, 0.717) is 5.69 Å². The van der Waals surface area contributed by atoms with E-state index in [0.717, 1.165) is 11.1 Å². The van der Waals surface area contributed by atoms with E-state index in [2.05, 4.69) is 10.6 Å². The number of aliphatic carboxylic acids is 1. The van der Waals surface area contributed by atoms with Gasteiger partial charge in [0.1, 0.15) is 6.04 Å². The second kappa shape index (κ2) is 7.28. The second-order valence-electron chi connectivity index (χ2n) is 4.81.